The molecule has 1 fully saturated rings. The van der Waals surface area contributed by atoms with Gasteiger partial charge in [0.05, 0.1) is 17.5 Å². The van der Waals surface area contributed by atoms with Gasteiger partial charge in [0.25, 0.3) is 5.91 Å². The maximum absolute atomic E-state index is 13.3. The molecule has 1 saturated heterocycles. The molecule has 2 atom stereocenters. The number of carbonyl (C=O) groups is 3. The number of carbonyl (C=O) groups excluding carboxylic acids is 3. The van der Waals surface area contributed by atoms with Crippen LogP contribution in [-0.4, -0.2) is 39.2 Å². The van der Waals surface area contributed by atoms with Crippen LogP contribution in [0.15, 0.2) is 54.6 Å². The SMILES string of the molecule is CCCCCNC(=O)[C@@H](Cc1cccc(N2CC(=O)NS2(=O)=O)c1)C(Cc1ccccc1)C(N)=O. The molecule has 3 rings (SSSR count). The highest BCUT2D eigenvalue weighted by Crippen LogP contribution is 2.26. The summed E-state index contributed by atoms with van der Waals surface area (Å²) < 4.78 is 27.4. The smallest absolute Gasteiger partial charge is 0.326 e. The van der Waals surface area contributed by atoms with Gasteiger partial charge in [-0.3, -0.25) is 14.4 Å². The van der Waals surface area contributed by atoms with Crippen LogP contribution in [0.1, 0.15) is 37.3 Å². The zero-order valence-electron chi connectivity index (χ0n) is 19.8. The van der Waals surface area contributed by atoms with Gasteiger partial charge in [-0.25, -0.2) is 9.03 Å². The summed E-state index contributed by atoms with van der Waals surface area (Å²) in [7, 11) is -3.96. The van der Waals surface area contributed by atoms with Gasteiger partial charge in [-0.15, -0.1) is 0 Å². The Morgan fingerprint density at radius 3 is 2.34 bits per heavy atom. The van der Waals surface area contributed by atoms with E-state index in [1.54, 1.807) is 24.3 Å². The molecule has 0 bridgehead atoms. The van der Waals surface area contributed by atoms with Crippen molar-refractivity contribution < 1.29 is 22.8 Å². The normalized spacial score (nSPS) is 16.4. The summed E-state index contributed by atoms with van der Waals surface area (Å²) in [6, 6.07) is 16.0. The average Bonchev–Trinajstić information content (AvgIpc) is 3.11. The molecule has 188 valence electrons. The minimum atomic E-state index is -3.96. The Balaban J connectivity index is 1.88. The number of hydrogen-bond acceptors (Lipinski definition) is 5. The summed E-state index contributed by atoms with van der Waals surface area (Å²) in [5.74, 6) is -2.96. The molecule has 0 radical (unpaired) electrons. The molecule has 9 nitrogen and oxygen atoms in total. The fourth-order valence-corrected chi connectivity index (χ4v) is 5.35. The predicted molar refractivity (Wildman–Crippen MR) is 133 cm³/mol. The summed E-state index contributed by atoms with van der Waals surface area (Å²) in [4.78, 5) is 37.4. The molecule has 0 saturated carbocycles. The van der Waals surface area contributed by atoms with Crippen LogP contribution in [0, 0.1) is 11.8 Å². The largest absolute Gasteiger partial charge is 0.369 e. The van der Waals surface area contributed by atoms with E-state index < -0.39 is 33.9 Å². The zero-order valence-corrected chi connectivity index (χ0v) is 20.6. The van der Waals surface area contributed by atoms with Crippen LogP contribution in [0.2, 0.25) is 0 Å². The molecule has 3 amide bonds. The summed E-state index contributed by atoms with van der Waals surface area (Å²) in [6.07, 6.45) is 3.32. The van der Waals surface area contributed by atoms with Crippen LogP contribution in [0.25, 0.3) is 0 Å². The molecule has 35 heavy (non-hydrogen) atoms. The number of nitrogens with two attached hydrogens (primary N) is 1. The molecule has 0 aliphatic carbocycles. The standard InChI is InChI=1S/C25H32N4O5S/c1-2-3-7-13-27-25(32)22(21(24(26)31)15-18-9-5-4-6-10-18)16-19-11-8-12-20(14-19)29-17-23(30)28-35(29,33)34/h4-6,8-12,14,21-22H,2-3,7,13,15-17H2,1H3,(H2,26,31)(H,27,32)(H,28,30)/t21?,22-/m0/s1. The lowest BCUT2D eigenvalue weighted by Crippen LogP contribution is -2.42. The summed E-state index contributed by atoms with van der Waals surface area (Å²) in [5.41, 5.74) is 7.64. The van der Waals surface area contributed by atoms with Crippen LogP contribution in [-0.2, 0) is 37.4 Å². The first kappa shape index (κ1) is 26.2. The maximum atomic E-state index is 13.3. The average molecular weight is 501 g/mol. The van der Waals surface area contributed by atoms with Crippen molar-refractivity contribution in [1.82, 2.24) is 10.0 Å². The van der Waals surface area contributed by atoms with Gasteiger partial charge in [-0.05, 0) is 42.5 Å². The van der Waals surface area contributed by atoms with Crippen molar-refractivity contribution in [1.29, 1.82) is 0 Å². The first-order valence-corrected chi connectivity index (χ1v) is 13.2. The van der Waals surface area contributed by atoms with Crippen molar-refractivity contribution in [3.8, 4) is 0 Å². The third-order valence-electron chi connectivity index (χ3n) is 6.04. The van der Waals surface area contributed by atoms with Crippen LogP contribution in [0.5, 0.6) is 0 Å². The van der Waals surface area contributed by atoms with Gasteiger partial charge < -0.3 is 11.1 Å². The Morgan fingerprint density at radius 1 is 1.03 bits per heavy atom. The number of anilines is 1. The van der Waals surface area contributed by atoms with Gasteiger partial charge in [-0.2, -0.15) is 8.42 Å². The molecular weight excluding hydrogens is 468 g/mol. The second-order valence-corrected chi connectivity index (χ2v) is 10.3. The van der Waals surface area contributed by atoms with Gasteiger partial charge >= 0.3 is 10.2 Å². The first-order chi connectivity index (χ1) is 16.7. The van der Waals surface area contributed by atoms with Crippen LogP contribution < -0.4 is 20.1 Å². The molecule has 0 aromatic heterocycles. The molecule has 2 aromatic rings. The minimum absolute atomic E-state index is 0.184. The number of hydrogen-bond donors (Lipinski definition) is 3. The van der Waals surface area contributed by atoms with E-state index in [2.05, 4.69) is 12.2 Å². The predicted octanol–water partition coefficient (Wildman–Crippen LogP) is 1.68. The minimum Gasteiger partial charge on any atom is -0.369 e. The van der Waals surface area contributed by atoms with E-state index >= 15 is 0 Å². The summed E-state index contributed by atoms with van der Waals surface area (Å²) in [6.45, 7) is 2.26. The van der Waals surface area contributed by atoms with Gasteiger partial charge in [-0.1, -0.05) is 62.2 Å². The van der Waals surface area contributed by atoms with E-state index in [-0.39, 0.29) is 18.9 Å². The molecular formula is C25H32N4O5S. The molecule has 4 N–H and O–H groups in total. The Morgan fingerprint density at radius 2 is 1.71 bits per heavy atom. The fraction of sp³-hybridized carbons (Fsp3) is 0.400. The third-order valence-corrected chi connectivity index (χ3v) is 7.45. The van der Waals surface area contributed by atoms with Crippen LogP contribution in [0.4, 0.5) is 5.69 Å². The fourth-order valence-electron chi connectivity index (χ4n) is 4.21. The summed E-state index contributed by atoms with van der Waals surface area (Å²) >= 11 is 0. The molecule has 0 spiro atoms. The highest BCUT2D eigenvalue weighted by atomic mass is 32.2. The van der Waals surface area contributed by atoms with Gasteiger partial charge in [0.1, 0.15) is 6.54 Å². The zero-order chi connectivity index (χ0) is 25.4. The van der Waals surface area contributed by atoms with Crippen molar-refractivity contribution in [2.24, 2.45) is 17.6 Å². The number of unbranched alkanes of at least 4 members (excludes halogenated alkanes) is 2. The van der Waals surface area contributed by atoms with Crippen LogP contribution in [0.3, 0.4) is 0 Å². The Kier molecular flexibility index (Phi) is 8.86. The first-order valence-electron chi connectivity index (χ1n) is 11.7. The van der Waals surface area contributed by atoms with Crippen molar-refractivity contribution in [3.63, 3.8) is 0 Å². The van der Waals surface area contributed by atoms with Crippen molar-refractivity contribution in [3.05, 3.63) is 65.7 Å². The Bertz CT molecular complexity index is 1150. The van der Waals surface area contributed by atoms with Crippen LogP contribution >= 0.6 is 0 Å². The van der Waals surface area contributed by atoms with E-state index in [0.717, 1.165) is 29.1 Å². The van der Waals surface area contributed by atoms with Gasteiger partial charge in [0.2, 0.25) is 11.8 Å². The van der Waals surface area contributed by atoms with Crippen molar-refractivity contribution >= 4 is 33.6 Å². The second-order valence-electron chi connectivity index (χ2n) is 8.71. The second kappa shape index (κ2) is 11.8. The quantitative estimate of drug-likeness (QED) is 0.381. The monoisotopic (exact) mass is 500 g/mol. The Hall–Kier alpha value is -3.40. The van der Waals surface area contributed by atoms with E-state index in [0.29, 0.717) is 24.2 Å². The lowest BCUT2D eigenvalue weighted by Gasteiger charge is -2.25. The number of benzene rings is 2. The highest BCUT2D eigenvalue weighted by molar-refractivity contribution is 7.92. The van der Waals surface area contributed by atoms with E-state index in [1.807, 2.05) is 35.1 Å². The molecule has 10 heteroatoms. The van der Waals surface area contributed by atoms with Crippen molar-refractivity contribution in [2.45, 2.75) is 39.0 Å². The third kappa shape index (κ3) is 7.05. The number of nitrogens with one attached hydrogen (secondary N) is 2. The Labute approximate surface area is 206 Å². The van der Waals surface area contributed by atoms with Crippen molar-refractivity contribution in [2.75, 3.05) is 17.4 Å². The molecule has 2 aromatic carbocycles. The van der Waals surface area contributed by atoms with E-state index in [9.17, 15) is 22.8 Å². The molecule has 1 aliphatic heterocycles. The number of amides is 3. The van der Waals surface area contributed by atoms with Gasteiger partial charge in [0.15, 0.2) is 0 Å². The molecule has 1 aliphatic rings. The van der Waals surface area contributed by atoms with E-state index in [4.69, 9.17) is 5.73 Å². The molecule has 1 heterocycles. The lowest BCUT2D eigenvalue weighted by molar-refractivity contribution is -0.133. The highest BCUT2D eigenvalue weighted by Gasteiger charge is 2.35. The summed E-state index contributed by atoms with van der Waals surface area (Å²) in [5, 5.41) is 2.94. The number of primary amides is 1. The topological polar surface area (TPSA) is 139 Å². The maximum Gasteiger partial charge on any atom is 0.326 e. The molecule has 1 unspecified atom stereocenters. The van der Waals surface area contributed by atoms with Gasteiger partial charge in [0, 0.05) is 6.54 Å². The number of nitrogens with zero attached hydrogens (tertiary/aromatic N) is 1. The van der Waals surface area contributed by atoms with E-state index in [1.165, 1.54) is 0 Å². The number of rotatable bonds is 12. The lowest BCUT2D eigenvalue weighted by atomic mass is 9.81.